The third kappa shape index (κ3) is 5.89. The number of hydrogen-bond donors (Lipinski definition) is 0. The molecule has 0 N–H and O–H groups in total. The normalized spacial score (nSPS) is 12.4. The molecule has 3 heterocycles. The van der Waals surface area contributed by atoms with E-state index in [1.54, 1.807) is 0 Å². The minimum absolute atomic E-state index is 0.115. The third-order valence-electron chi connectivity index (χ3n) is 11.9. The number of benzene rings is 8. The predicted molar refractivity (Wildman–Crippen MR) is 250 cm³/mol. The van der Waals surface area contributed by atoms with E-state index < -0.39 is 0 Å². The summed E-state index contributed by atoms with van der Waals surface area (Å²) >= 11 is 1.85. The molecule has 0 saturated carbocycles. The molecule has 0 fully saturated rings. The molecule has 0 unspecified atom stereocenters. The standard InChI is InChI=1S/C53H41BN2O2S/c1-32-10-19-37(20-11-32)55(38-21-12-33(2)13-22-38)41-29-46-51-47(30-41)58-48-31-44(56(39-23-14-34(3)15-24-39)40-25-16-35(4)17-26-40)53-50(42-8-6-7-9-49(42)59-53)52(48)54(51)43-28-36(5)18-27-45(43)57-46/h6-31H,1-5H3. The fourth-order valence-electron chi connectivity index (χ4n) is 8.92. The smallest absolute Gasteiger partial charge is 0.261 e. The van der Waals surface area contributed by atoms with Gasteiger partial charge in [-0.3, -0.25) is 0 Å². The molecule has 8 aromatic carbocycles. The fourth-order valence-corrected chi connectivity index (χ4v) is 10.1. The minimum Gasteiger partial charge on any atom is -0.458 e. The van der Waals surface area contributed by atoms with Crippen molar-refractivity contribution in [3.63, 3.8) is 0 Å². The molecule has 0 spiro atoms. The van der Waals surface area contributed by atoms with Crippen LogP contribution in [0, 0.1) is 34.6 Å². The Bertz CT molecular complexity index is 3010. The van der Waals surface area contributed by atoms with Crippen LogP contribution >= 0.6 is 11.3 Å². The molecule has 9 aromatic rings. The predicted octanol–water partition coefficient (Wildman–Crippen LogP) is 13.3. The van der Waals surface area contributed by atoms with E-state index in [0.29, 0.717) is 0 Å². The molecule has 4 nitrogen and oxygen atoms in total. The number of ether oxygens (including phenoxy) is 2. The average molecular weight is 781 g/mol. The molecule has 0 radical (unpaired) electrons. The molecule has 2 aliphatic heterocycles. The number of rotatable bonds is 6. The highest BCUT2D eigenvalue weighted by molar-refractivity contribution is 7.27. The number of aryl methyl sites for hydroxylation is 5. The molecule has 0 aliphatic carbocycles. The second-order valence-electron chi connectivity index (χ2n) is 16.2. The topological polar surface area (TPSA) is 24.9 Å². The lowest BCUT2D eigenvalue weighted by Crippen LogP contribution is -2.57. The first-order valence-corrected chi connectivity index (χ1v) is 21.1. The van der Waals surface area contributed by atoms with Crippen LogP contribution in [0.5, 0.6) is 23.0 Å². The van der Waals surface area contributed by atoms with E-state index in [0.717, 1.165) is 68.0 Å². The Morgan fingerprint density at radius 1 is 0.424 bits per heavy atom. The van der Waals surface area contributed by atoms with E-state index >= 15 is 0 Å². The molecule has 0 amide bonds. The Morgan fingerprint density at radius 2 is 0.898 bits per heavy atom. The van der Waals surface area contributed by atoms with Crippen LogP contribution in [0.4, 0.5) is 34.1 Å². The molecule has 2 aliphatic rings. The van der Waals surface area contributed by atoms with Gasteiger partial charge in [0.05, 0.1) is 16.1 Å². The van der Waals surface area contributed by atoms with Crippen molar-refractivity contribution in [1.29, 1.82) is 0 Å². The fraction of sp³-hybridized carbons (Fsp3) is 0.0943. The zero-order valence-electron chi connectivity index (χ0n) is 33.7. The first-order chi connectivity index (χ1) is 28.8. The van der Waals surface area contributed by atoms with Crippen molar-refractivity contribution in [2.75, 3.05) is 9.80 Å². The van der Waals surface area contributed by atoms with Gasteiger partial charge < -0.3 is 19.3 Å². The third-order valence-corrected chi connectivity index (χ3v) is 13.1. The van der Waals surface area contributed by atoms with Crippen LogP contribution in [0.25, 0.3) is 20.2 Å². The molecule has 0 saturated heterocycles. The van der Waals surface area contributed by atoms with Crippen molar-refractivity contribution in [2.24, 2.45) is 0 Å². The number of hydrogen-bond acceptors (Lipinski definition) is 5. The van der Waals surface area contributed by atoms with Gasteiger partial charge in [0, 0.05) is 61.9 Å². The summed E-state index contributed by atoms with van der Waals surface area (Å²) in [7, 11) is 0. The van der Waals surface area contributed by atoms with Crippen LogP contribution in [0.3, 0.4) is 0 Å². The van der Waals surface area contributed by atoms with E-state index in [-0.39, 0.29) is 6.71 Å². The van der Waals surface area contributed by atoms with Crippen LogP contribution in [0.2, 0.25) is 0 Å². The Morgan fingerprint density at radius 3 is 1.46 bits per heavy atom. The van der Waals surface area contributed by atoms with Crippen molar-refractivity contribution >= 4 is 88.7 Å². The monoisotopic (exact) mass is 780 g/mol. The largest absolute Gasteiger partial charge is 0.458 e. The van der Waals surface area contributed by atoms with Crippen molar-refractivity contribution in [3.05, 3.63) is 186 Å². The summed E-state index contributed by atoms with van der Waals surface area (Å²) in [6.45, 7) is 10.6. The second kappa shape index (κ2) is 13.7. The molecule has 0 bridgehead atoms. The van der Waals surface area contributed by atoms with Crippen LogP contribution < -0.4 is 35.7 Å². The van der Waals surface area contributed by atoms with Crippen molar-refractivity contribution < 1.29 is 9.47 Å². The zero-order valence-corrected chi connectivity index (χ0v) is 34.5. The summed E-state index contributed by atoms with van der Waals surface area (Å²) in [6.07, 6.45) is 0. The van der Waals surface area contributed by atoms with E-state index in [4.69, 9.17) is 9.47 Å². The SMILES string of the molecule is Cc1ccc(N(c2ccc(C)cc2)c2cc3c4c(c2)Oc2cc(N(c5ccc(C)cc5)c5ccc(C)cc5)c5sc6ccccc6c5c2B4c2cc(C)ccc2O3)cc1. The van der Waals surface area contributed by atoms with Crippen molar-refractivity contribution in [2.45, 2.75) is 34.6 Å². The van der Waals surface area contributed by atoms with E-state index in [1.165, 1.54) is 53.5 Å². The van der Waals surface area contributed by atoms with Gasteiger partial charge in [0.1, 0.15) is 23.0 Å². The van der Waals surface area contributed by atoms with Crippen LogP contribution in [-0.4, -0.2) is 6.71 Å². The minimum atomic E-state index is -0.115. The molecule has 0 atom stereocenters. The first-order valence-electron chi connectivity index (χ1n) is 20.3. The second-order valence-corrected chi connectivity index (χ2v) is 17.2. The lowest BCUT2D eigenvalue weighted by molar-refractivity contribution is 0.465. The van der Waals surface area contributed by atoms with Gasteiger partial charge in [-0.25, -0.2) is 0 Å². The van der Waals surface area contributed by atoms with E-state index in [2.05, 4.69) is 202 Å². The summed E-state index contributed by atoms with van der Waals surface area (Å²) < 4.78 is 16.8. The van der Waals surface area contributed by atoms with Gasteiger partial charge in [0.25, 0.3) is 6.71 Å². The molecular formula is C53H41BN2O2S. The quantitative estimate of drug-likeness (QED) is 0.157. The van der Waals surface area contributed by atoms with Gasteiger partial charge in [-0.15, -0.1) is 11.3 Å². The van der Waals surface area contributed by atoms with Gasteiger partial charge in [0.2, 0.25) is 0 Å². The molecule has 11 rings (SSSR count). The van der Waals surface area contributed by atoms with Gasteiger partial charge in [-0.2, -0.15) is 0 Å². The lowest BCUT2D eigenvalue weighted by Gasteiger charge is -2.36. The molecule has 1 aromatic heterocycles. The maximum atomic E-state index is 7.37. The highest BCUT2D eigenvalue weighted by Crippen LogP contribution is 2.50. The lowest BCUT2D eigenvalue weighted by atomic mass is 9.34. The zero-order chi connectivity index (χ0) is 39.9. The first kappa shape index (κ1) is 35.4. The summed E-state index contributed by atoms with van der Waals surface area (Å²) in [5, 5.41) is 2.46. The van der Waals surface area contributed by atoms with Gasteiger partial charge >= 0.3 is 0 Å². The molecule has 6 heteroatoms. The van der Waals surface area contributed by atoms with E-state index in [1.807, 2.05) is 11.3 Å². The Labute approximate surface area is 349 Å². The Balaban J connectivity index is 1.21. The number of thiophene rings is 1. The van der Waals surface area contributed by atoms with Gasteiger partial charge in [-0.05, 0) is 106 Å². The van der Waals surface area contributed by atoms with E-state index in [9.17, 15) is 0 Å². The van der Waals surface area contributed by atoms with Gasteiger partial charge in [0.15, 0.2) is 0 Å². The summed E-state index contributed by atoms with van der Waals surface area (Å²) in [5.41, 5.74) is 15.8. The number of anilines is 6. The van der Waals surface area contributed by atoms with Crippen LogP contribution in [0.15, 0.2) is 158 Å². The number of nitrogens with zero attached hydrogens (tertiary/aromatic N) is 2. The molecule has 284 valence electrons. The molecular weight excluding hydrogens is 739 g/mol. The maximum absolute atomic E-state index is 7.37. The number of fused-ring (bicyclic) bond motifs is 8. The summed E-state index contributed by atoms with van der Waals surface area (Å²) in [6, 6.07) is 57.3. The highest BCUT2D eigenvalue weighted by Gasteiger charge is 2.43. The van der Waals surface area contributed by atoms with Crippen molar-refractivity contribution in [1.82, 2.24) is 0 Å². The Kier molecular flexibility index (Phi) is 8.21. The summed E-state index contributed by atoms with van der Waals surface area (Å²) in [5.74, 6) is 3.34. The van der Waals surface area contributed by atoms with Crippen LogP contribution in [0.1, 0.15) is 27.8 Å². The van der Waals surface area contributed by atoms with Crippen LogP contribution in [-0.2, 0) is 0 Å². The Hall–Kier alpha value is -6.76. The highest BCUT2D eigenvalue weighted by atomic mass is 32.1. The van der Waals surface area contributed by atoms with Crippen molar-refractivity contribution in [3.8, 4) is 23.0 Å². The molecule has 59 heavy (non-hydrogen) atoms. The maximum Gasteiger partial charge on any atom is 0.261 e. The average Bonchev–Trinajstić information content (AvgIpc) is 3.64. The summed E-state index contributed by atoms with van der Waals surface area (Å²) in [4.78, 5) is 4.70. The van der Waals surface area contributed by atoms with Gasteiger partial charge in [-0.1, -0.05) is 107 Å².